The Morgan fingerprint density at radius 2 is 1.67 bits per heavy atom. The molecule has 2 heterocycles. The van der Waals surface area contributed by atoms with E-state index in [9.17, 15) is 19.1 Å². The summed E-state index contributed by atoms with van der Waals surface area (Å²) in [6, 6.07) is 0.446. The van der Waals surface area contributed by atoms with E-state index in [0.29, 0.717) is 73.8 Å². The third kappa shape index (κ3) is 19.9. The molecule has 0 aromatic carbocycles. The van der Waals surface area contributed by atoms with Crippen LogP contribution in [0, 0.1) is 3.56 Å². The zero-order valence-corrected chi connectivity index (χ0v) is 29.3. The van der Waals surface area contributed by atoms with E-state index in [0.717, 1.165) is 37.9 Å². The monoisotopic (exact) mass is 913 g/mol. The van der Waals surface area contributed by atoms with Crippen molar-refractivity contribution in [1.29, 1.82) is 4.16 Å². The van der Waals surface area contributed by atoms with Crippen LogP contribution < -0.4 is 21.3 Å². The van der Waals surface area contributed by atoms with Crippen LogP contribution in [0.2, 0.25) is 0 Å². The van der Waals surface area contributed by atoms with Crippen molar-refractivity contribution in [2.45, 2.75) is 55.9 Å². The molecular formula is C22H41BI3N5O7S. The normalized spacial score (nSPS) is 19.9. The Bertz CT molecular complexity index is 764. The Hall–Kier alpha value is 0.295. The van der Waals surface area contributed by atoms with Gasteiger partial charge in [-0.1, -0.05) is 29.0 Å². The second kappa shape index (κ2) is 26.0. The molecule has 3 atom stereocenters. The van der Waals surface area contributed by atoms with Crippen molar-refractivity contribution in [3.63, 3.8) is 0 Å². The summed E-state index contributed by atoms with van der Waals surface area (Å²) in [6.07, 6.45) is 5.00. The molecule has 0 spiro atoms. The number of amides is 4. The van der Waals surface area contributed by atoms with Gasteiger partial charge in [0.05, 0.1) is 42.9 Å². The van der Waals surface area contributed by atoms with Crippen LogP contribution in [-0.2, 0) is 28.5 Å². The number of alkyl halides is 1. The number of thioether (sulfide) groups is 1. The summed E-state index contributed by atoms with van der Waals surface area (Å²) in [5, 5.41) is 12.8. The molecule has 0 aromatic heterocycles. The first-order chi connectivity index (χ1) is 19.4. The Kier molecular flexibility index (Phi) is 23.6. The van der Waals surface area contributed by atoms with Gasteiger partial charge in [0.25, 0.3) is 0 Å². The van der Waals surface area contributed by atoms with E-state index in [-0.39, 0.29) is 29.9 Å². The van der Waals surface area contributed by atoms with Crippen LogP contribution in [0.4, 0.5) is 4.79 Å². The van der Waals surface area contributed by atoms with Crippen LogP contribution in [-0.4, -0.2) is 104 Å². The van der Waals surface area contributed by atoms with E-state index in [2.05, 4.69) is 21.3 Å². The van der Waals surface area contributed by atoms with Crippen molar-refractivity contribution >= 4 is 91.1 Å². The van der Waals surface area contributed by atoms with E-state index in [1.54, 1.807) is 0 Å². The number of fused-ring (bicyclic) bond motifs is 1. The topological polar surface area (TPSA) is 168 Å². The summed E-state index contributed by atoms with van der Waals surface area (Å²) in [5.74, 6) is 1.11. The van der Waals surface area contributed by atoms with Crippen molar-refractivity contribution in [2.75, 3.05) is 62.9 Å². The fourth-order valence-electron chi connectivity index (χ4n) is 3.77. The molecular weight excluding hydrogens is 870 g/mol. The Morgan fingerprint density at radius 3 is 2.23 bits per heavy atom. The molecule has 2 rings (SSSR count). The number of rotatable bonds is 22. The first-order valence-corrected chi connectivity index (χ1v) is 24.1. The van der Waals surface area contributed by atoms with Gasteiger partial charge in [-0.2, -0.15) is 11.8 Å². The van der Waals surface area contributed by atoms with Crippen LogP contribution in [0.3, 0.4) is 0 Å². The van der Waals surface area contributed by atoms with Gasteiger partial charge >= 0.3 is 53.8 Å². The number of halogens is 3. The van der Waals surface area contributed by atoms with Gasteiger partial charge in [-0.3, -0.25) is 9.59 Å². The molecule has 2 saturated heterocycles. The van der Waals surface area contributed by atoms with Gasteiger partial charge in [0.2, 0.25) is 11.8 Å². The third-order valence-electron chi connectivity index (χ3n) is 5.60. The molecule has 0 bridgehead atoms. The number of unbranched alkanes of at least 4 members (excludes halogenated alkanes) is 1. The molecule has 226 valence electrons. The van der Waals surface area contributed by atoms with Crippen LogP contribution in [0.1, 0.15) is 38.5 Å². The van der Waals surface area contributed by atoms with Crippen molar-refractivity contribution in [1.82, 2.24) is 21.3 Å². The zero-order valence-electron chi connectivity index (χ0n) is 23.0. The predicted molar refractivity (Wildman–Crippen MR) is 179 cm³/mol. The van der Waals surface area contributed by atoms with Gasteiger partial charge in [-0.15, -0.1) is 0 Å². The standard InChI is InChI=1S/C22H39IN4O6S.BH2I2NO/c23-15-20(29)25-8-4-10-32-12-14-33-13-11-31-9-3-7-24-19(28)6-2-1-5-18-21-17(16-34-18)26-22(30)27-21;4-3-2-1-5/h17-18,21H,1-16H2,(H,24,28)(H,25,29)(H2,26,27,30);2,4H/i;2T. The van der Waals surface area contributed by atoms with E-state index < -0.39 is 33.9 Å². The molecule has 0 saturated carbocycles. The molecule has 0 radical (unpaired) electrons. The Morgan fingerprint density at radius 1 is 1.05 bits per heavy atom. The van der Waals surface area contributed by atoms with Gasteiger partial charge in [-0.25, -0.2) is 4.79 Å². The zero-order chi connectivity index (χ0) is 29.4. The minimum absolute atomic E-state index is 0.0505. The summed E-state index contributed by atoms with van der Waals surface area (Å²) in [5.41, 5.74) is 0. The van der Waals surface area contributed by atoms with Crippen LogP contribution in [0.15, 0.2) is 0 Å². The second-order valence-electron chi connectivity index (χ2n) is 8.49. The molecule has 5 N–H and O–H groups in total. The van der Waals surface area contributed by atoms with Crippen molar-refractivity contribution in [2.24, 2.45) is 0 Å². The van der Waals surface area contributed by atoms with Gasteiger partial charge in [0.15, 0.2) is 0 Å². The fraction of sp³-hybridized carbons (Fsp3) is 0.864. The van der Waals surface area contributed by atoms with Gasteiger partial charge in [-0.05, 0) is 25.7 Å². The first-order valence-electron chi connectivity index (χ1n) is 13.3. The molecule has 17 heteroatoms. The predicted octanol–water partition coefficient (Wildman–Crippen LogP) is 2.51. The summed E-state index contributed by atoms with van der Waals surface area (Å²) in [6.45, 7) is 4.53. The average molecular weight is 913 g/mol. The number of carbonyl (C=O) groups excluding carboxylic acids is 3. The molecule has 0 aliphatic carbocycles. The Balaban J connectivity index is 0.00000120. The molecule has 12 nitrogen and oxygen atoms in total. The van der Waals surface area contributed by atoms with Gasteiger partial charge in [0, 0.05) is 43.7 Å². The quantitative estimate of drug-likeness (QED) is 0.0364. The fourth-order valence-corrected chi connectivity index (χ4v) is 6.33. The summed E-state index contributed by atoms with van der Waals surface area (Å²) >= 11 is 1.24. The van der Waals surface area contributed by atoms with Crippen molar-refractivity contribution in [3.05, 3.63) is 0 Å². The molecule has 2 aliphatic heterocycles. The van der Waals surface area contributed by atoms with Crippen molar-refractivity contribution < 1.29 is 33.3 Å². The number of hydrogen-bond acceptors (Lipinski definition) is 9. The van der Waals surface area contributed by atoms with E-state index in [4.69, 9.17) is 18.4 Å². The number of ether oxygens (including phenoxy) is 3. The molecule has 2 fully saturated rings. The van der Waals surface area contributed by atoms with Crippen LogP contribution in [0.25, 0.3) is 0 Å². The molecule has 4 amide bonds. The average Bonchev–Trinajstić information content (AvgIpc) is 3.51. The van der Waals surface area contributed by atoms with Crippen molar-refractivity contribution in [3.8, 4) is 0 Å². The van der Waals surface area contributed by atoms with Gasteiger partial charge in [0.1, 0.15) is 0 Å². The number of nitrogens with one attached hydrogen (secondary N) is 5. The third-order valence-corrected chi connectivity index (χ3v) is 11.1. The molecule has 39 heavy (non-hydrogen) atoms. The number of carbonyl (C=O) groups is 3. The second-order valence-corrected chi connectivity index (χ2v) is 17.8. The SMILES string of the molecule is O=C(CI)NCCCOCCOCCOCCCNC(=O)CCCCC1SCC2NC(=O)NC21.[3H]I(B=O)I=N. The maximum atomic E-state index is 12.0. The first kappa shape index (κ1) is 35.5. The number of urea groups is 1. The molecule has 0 aromatic rings. The van der Waals surface area contributed by atoms with E-state index >= 15 is 0 Å². The van der Waals surface area contributed by atoms with Crippen LogP contribution in [0.5, 0.6) is 0 Å². The van der Waals surface area contributed by atoms with Crippen LogP contribution >= 0.6 is 68.2 Å². The van der Waals surface area contributed by atoms with Gasteiger partial charge < -0.3 is 35.5 Å². The summed E-state index contributed by atoms with van der Waals surface area (Å²) < 4.78 is 39.7. The van der Waals surface area contributed by atoms with E-state index in [1.807, 2.05) is 34.4 Å². The Labute approximate surface area is 266 Å². The minimum atomic E-state index is -1.95. The summed E-state index contributed by atoms with van der Waals surface area (Å²) in [7, 11) is 0. The number of hydrogen-bond donors (Lipinski definition) is 5. The molecule has 3 unspecified atom stereocenters. The maximum absolute atomic E-state index is 12.0. The molecule has 2 aliphatic rings. The van der Waals surface area contributed by atoms with E-state index in [1.165, 1.54) is 0 Å². The summed E-state index contributed by atoms with van der Waals surface area (Å²) in [4.78, 5) is 34.4.